The van der Waals surface area contributed by atoms with Crippen LogP contribution >= 0.6 is 11.6 Å². The summed E-state index contributed by atoms with van der Waals surface area (Å²) in [6.07, 6.45) is 4.42. The number of fused-ring (bicyclic) bond motifs is 1. The molecule has 2 aliphatic carbocycles. The fourth-order valence-electron chi connectivity index (χ4n) is 3.43. The van der Waals surface area contributed by atoms with E-state index in [4.69, 9.17) is 11.6 Å². The van der Waals surface area contributed by atoms with E-state index >= 15 is 0 Å². The predicted octanol–water partition coefficient (Wildman–Crippen LogP) is 3.98. The summed E-state index contributed by atoms with van der Waals surface area (Å²) < 4.78 is 0. The standard InChI is InChI=1S/C11H21ClSi/c1-13(2,3)8-11(7-12)5-9-4-10(9)6-11/h9-10H,4-8H2,1-3H3. The Kier molecular flexibility index (Phi) is 2.31. The van der Waals surface area contributed by atoms with Crippen molar-refractivity contribution in [1.82, 2.24) is 0 Å². The minimum Gasteiger partial charge on any atom is -0.126 e. The first-order valence-electron chi connectivity index (χ1n) is 5.50. The van der Waals surface area contributed by atoms with Crippen molar-refractivity contribution in [2.24, 2.45) is 17.3 Å². The summed E-state index contributed by atoms with van der Waals surface area (Å²) in [5.41, 5.74) is 0.569. The van der Waals surface area contributed by atoms with Gasteiger partial charge in [-0.3, -0.25) is 0 Å². The van der Waals surface area contributed by atoms with Gasteiger partial charge in [0.05, 0.1) is 0 Å². The molecule has 0 aromatic carbocycles. The first-order valence-corrected chi connectivity index (χ1v) is 9.74. The highest BCUT2D eigenvalue weighted by molar-refractivity contribution is 6.76. The first-order chi connectivity index (χ1) is 5.94. The van der Waals surface area contributed by atoms with Gasteiger partial charge in [0.25, 0.3) is 0 Å². The zero-order valence-corrected chi connectivity index (χ0v) is 10.8. The highest BCUT2D eigenvalue weighted by Crippen LogP contribution is 2.62. The molecule has 0 aliphatic heterocycles. The third kappa shape index (κ3) is 2.12. The maximum absolute atomic E-state index is 6.18. The van der Waals surface area contributed by atoms with Gasteiger partial charge in [0, 0.05) is 14.0 Å². The second kappa shape index (κ2) is 3.00. The van der Waals surface area contributed by atoms with Crippen molar-refractivity contribution in [3.63, 3.8) is 0 Å². The molecule has 0 N–H and O–H groups in total. The molecule has 2 fully saturated rings. The molecule has 2 saturated carbocycles. The second-order valence-corrected chi connectivity index (χ2v) is 12.3. The van der Waals surface area contributed by atoms with Crippen LogP contribution in [0.1, 0.15) is 19.3 Å². The number of rotatable bonds is 3. The first kappa shape index (κ1) is 10.0. The fourth-order valence-corrected chi connectivity index (χ4v) is 6.57. The highest BCUT2D eigenvalue weighted by Gasteiger charge is 2.54. The molecule has 0 heterocycles. The molecule has 0 spiro atoms. The van der Waals surface area contributed by atoms with Gasteiger partial charge in [0.1, 0.15) is 0 Å². The summed E-state index contributed by atoms with van der Waals surface area (Å²) in [4.78, 5) is 0. The summed E-state index contributed by atoms with van der Waals surface area (Å²) in [7, 11) is -0.909. The Bertz CT molecular complexity index is 197. The van der Waals surface area contributed by atoms with E-state index in [0.717, 1.165) is 17.7 Å². The van der Waals surface area contributed by atoms with Gasteiger partial charge >= 0.3 is 0 Å². The predicted molar refractivity (Wildman–Crippen MR) is 62.1 cm³/mol. The normalized spacial score (nSPS) is 43.4. The topological polar surface area (TPSA) is 0 Å². The lowest BCUT2D eigenvalue weighted by Gasteiger charge is -2.34. The SMILES string of the molecule is C[Si](C)(C)CC1(CCl)CC2CC2C1. The molecular weight excluding hydrogens is 196 g/mol. The molecule has 2 atom stereocenters. The largest absolute Gasteiger partial charge is 0.126 e. The number of hydrogen-bond donors (Lipinski definition) is 0. The van der Waals surface area contributed by atoms with Crippen LogP contribution in [0, 0.1) is 17.3 Å². The second-order valence-electron chi connectivity index (χ2n) is 6.54. The highest BCUT2D eigenvalue weighted by atomic mass is 35.5. The van der Waals surface area contributed by atoms with Crippen molar-refractivity contribution >= 4 is 19.7 Å². The maximum atomic E-state index is 6.18. The third-order valence-corrected chi connectivity index (χ3v) is 6.03. The molecule has 2 unspecified atom stereocenters. The Morgan fingerprint density at radius 2 is 1.77 bits per heavy atom. The summed E-state index contributed by atoms with van der Waals surface area (Å²) in [5.74, 6) is 3.08. The molecule has 0 aromatic rings. The fraction of sp³-hybridized carbons (Fsp3) is 1.00. The lowest BCUT2D eigenvalue weighted by atomic mass is 9.87. The van der Waals surface area contributed by atoms with Gasteiger partial charge in [-0.15, -0.1) is 11.6 Å². The van der Waals surface area contributed by atoms with Crippen molar-refractivity contribution in [1.29, 1.82) is 0 Å². The quantitative estimate of drug-likeness (QED) is 0.495. The van der Waals surface area contributed by atoms with Crippen LogP contribution in [0.2, 0.25) is 25.7 Å². The average Bonchev–Trinajstić information content (AvgIpc) is 2.57. The van der Waals surface area contributed by atoms with E-state index in [-0.39, 0.29) is 0 Å². The van der Waals surface area contributed by atoms with Crippen molar-refractivity contribution in [2.75, 3.05) is 5.88 Å². The Morgan fingerprint density at radius 1 is 1.23 bits per heavy atom. The Balaban J connectivity index is 2.00. The van der Waals surface area contributed by atoms with E-state index < -0.39 is 8.07 Å². The van der Waals surface area contributed by atoms with Crippen LogP contribution in [0.4, 0.5) is 0 Å². The molecule has 76 valence electrons. The number of halogens is 1. The summed E-state index contributed by atoms with van der Waals surface area (Å²) in [6, 6.07) is 1.45. The molecule has 2 aliphatic rings. The van der Waals surface area contributed by atoms with Gasteiger partial charge in [-0.2, -0.15) is 0 Å². The minimum atomic E-state index is -0.909. The van der Waals surface area contributed by atoms with E-state index in [1.54, 1.807) is 0 Å². The maximum Gasteiger partial charge on any atom is 0.0448 e. The molecule has 0 nitrogen and oxygen atoms in total. The molecule has 0 bridgehead atoms. The Morgan fingerprint density at radius 3 is 2.15 bits per heavy atom. The van der Waals surface area contributed by atoms with Gasteiger partial charge in [-0.1, -0.05) is 25.7 Å². The smallest absolute Gasteiger partial charge is 0.0448 e. The van der Waals surface area contributed by atoms with Crippen molar-refractivity contribution < 1.29 is 0 Å². The zero-order chi connectivity index (χ0) is 9.69. The summed E-state index contributed by atoms with van der Waals surface area (Å²) >= 11 is 6.18. The van der Waals surface area contributed by atoms with E-state index in [1.807, 2.05) is 0 Å². The lowest BCUT2D eigenvalue weighted by molar-refractivity contribution is 0.340. The summed E-state index contributed by atoms with van der Waals surface area (Å²) in [6.45, 7) is 7.43. The van der Waals surface area contributed by atoms with E-state index in [9.17, 15) is 0 Å². The van der Waals surface area contributed by atoms with Gasteiger partial charge in [0.2, 0.25) is 0 Å². The molecule has 0 aromatic heterocycles. The molecule has 0 radical (unpaired) electrons. The van der Waals surface area contributed by atoms with Crippen LogP contribution in [0.5, 0.6) is 0 Å². The van der Waals surface area contributed by atoms with Gasteiger partial charge in [-0.25, -0.2) is 0 Å². The molecular formula is C11H21ClSi. The Labute approximate surface area is 88.1 Å². The van der Waals surface area contributed by atoms with Crippen LogP contribution in [-0.4, -0.2) is 14.0 Å². The number of hydrogen-bond acceptors (Lipinski definition) is 0. The zero-order valence-electron chi connectivity index (χ0n) is 9.07. The van der Waals surface area contributed by atoms with E-state index in [2.05, 4.69) is 19.6 Å². The molecule has 13 heavy (non-hydrogen) atoms. The molecule has 2 rings (SSSR count). The Hall–Kier alpha value is 0.507. The van der Waals surface area contributed by atoms with Crippen LogP contribution in [0.15, 0.2) is 0 Å². The van der Waals surface area contributed by atoms with Crippen molar-refractivity contribution in [3.05, 3.63) is 0 Å². The molecule has 0 saturated heterocycles. The van der Waals surface area contributed by atoms with E-state index in [0.29, 0.717) is 5.41 Å². The van der Waals surface area contributed by atoms with Crippen LogP contribution in [0.3, 0.4) is 0 Å². The number of alkyl halides is 1. The summed E-state index contributed by atoms with van der Waals surface area (Å²) in [5, 5.41) is 0. The van der Waals surface area contributed by atoms with Crippen LogP contribution in [-0.2, 0) is 0 Å². The van der Waals surface area contributed by atoms with E-state index in [1.165, 1.54) is 25.3 Å². The van der Waals surface area contributed by atoms with Crippen LogP contribution in [0.25, 0.3) is 0 Å². The van der Waals surface area contributed by atoms with Gasteiger partial charge in [0.15, 0.2) is 0 Å². The van der Waals surface area contributed by atoms with Crippen LogP contribution < -0.4 is 0 Å². The van der Waals surface area contributed by atoms with Gasteiger partial charge in [-0.05, 0) is 36.5 Å². The average molecular weight is 217 g/mol. The molecule has 2 heteroatoms. The third-order valence-electron chi connectivity index (χ3n) is 3.65. The monoisotopic (exact) mass is 216 g/mol. The minimum absolute atomic E-state index is 0.569. The van der Waals surface area contributed by atoms with Crippen molar-refractivity contribution in [3.8, 4) is 0 Å². The molecule has 0 amide bonds. The lowest BCUT2D eigenvalue weighted by Crippen LogP contribution is -2.33. The van der Waals surface area contributed by atoms with Crippen molar-refractivity contribution in [2.45, 2.75) is 44.9 Å². The van der Waals surface area contributed by atoms with Gasteiger partial charge < -0.3 is 0 Å².